The van der Waals surface area contributed by atoms with Crippen LogP contribution in [0.5, 0.6) is 0 Å². The highest BCUT2D eigenvalue weighted by Crippen LogP contribution is 1.89. The number of nitrogens with zero attached hydrogens (tertiary/aromatic N) is 2. The van der Waals surface area contributed by atoms with Crippen LogP contribution in [0.2, 0.25) is 0 Å². The SMILES string of the molecule is C=CCN(CC(=O)NCCN(C)C)C(C)=O. The van der Waals surface area contributed by atoms with Gasteiger partial charge in [-0.15, -0.1) is 6.58 Å². The van der Waals surface area contributed by atoms with Crippen molar-refractivity contribution in [1.82, 2.24) is 15.1 Å². The fourth-order valence-corrected chi connectivity index (χ4v) is 1.11. The van der Waals surface area contributed by atoms with Gasteiger partial charge >= 0.3 is 0 Å². The van der Waals surface area contributed by atoms with E-state index >= 15 is 0 Å². The van der Waals surface area contributed by atoms with Crippen molar-refractivity contribution in [3.8, 4) is 0 Å². The zero-order valence-corrected chi connectivity index (χ0v) is 10.3. The molecule has 92 valence electrons. The van der Waals surface area contributed by atoms with Crippen molar-refractivity contribution in [3.63, 3.8) is 0 Å². The highest BCUT2D eigenvalue weighted by molar-refractivity contribution is 5.83. The van der Waals surface area contributed by atoms with E-state index in [0.717, 1.165) is 6.54 Å². The van der Waals surface area contributed by atoms with Crippen molar-refractivity contribution in [2.75, 3.05) is 40.3 Å². The van der Waals surface area contributed by atoms with Crippen LogP contribution in [0.3, 0.4) is 0 Å². The molecule has 0 saturated carbocycles. The van der Waals surface area contributed by atoms with Gasteiger partial charge in [-0.2, -0.15) is 0 Å². The lowest BCUT2D eigenvalue weighted by atomic mass is 10.4. The van der Waals surface area contributed by atoms with Crippen LogP contribution >= 0.6 is 0 Å². The van der Waals surface area contributed by atoms with Crippen molar-refractivity contribution in [2.45, 2.75) is 6.92 Å². The zero-order chi connectivity index (χ0) is 12.6. The third kappa shape index (κ3) is 7.00. The Balaban J connectivity index is 3.91. The van der Waals surface area contributed by atoms with Gasteiger partial charge in [-0.25, -0.2) is 0 Å². The molecule has 0 heterocycles. The molecule has 0 bridgehead atoms. The van der Waals surface area contributed by atoms with E-state index in [0.29, 0.717) is 13.1 Å². The second-order valence-electron chi connectivity index (χ2n) is 3.84. The summed E-state index contributed by atoms with van der Waals surface area (Å²) in [5.74, 6) is -0.262. The number of hydrogen-bond donors (Lipinski definition) is 1. The van der Waals surface area contributed by atoms with Crippen LogP contribution in [-0.2, 0) is 9.59 Å². The van der Waals surface area contributed by atoms with Gasteiger partial charge in [-0.05, 0) is 14.1 Å². The van der Waals surface area contributed by atoms with Crippen molar-refractivity contribution >= 4 is 11.8 Å². The van der Waals surface area contributed by atoms with Crippen LogP contribution in [0, 0.1) is 0 Å². The second kappa shape index (κ2) is 7.87. The molecule has 5 heteroatoms. The first-order valence-corrected chi connectivity index (χ1v) is 5.25. The summed E-state index contributed by atoms with van der Waals surface area (Å²) in [6.45, 7) is 6.85. The predicted molar refractivity (Wildman–Crippen MR) is 64.0 cm³/mol. The van der Waals surface area contributed by atoms with Crippen LogP contribution in [0.4, 0.5) is 0 Å². The fourth-order valence-electron chi connectivity index (χ4n) is 1.11. The second-order valence-corrected chi connectivity index (χ2v) is 3.84. The van der Waals surface area contributed by atoms with E-state index in [-0.39, 0.29) is 18.4 Å². The summed E-state index contributed by atoms with van der Waals surface area (Å²) in [4.78, 5) is 26.0. The Labute approximate surface area is 97.1 Å². The lowest BCUT2D eigenvalue weighted by Gasteiger charge is -2.18. The van der Waals surface area contributed by atoms with Gasteiger partial charge < -0.3 is 15.1 Å². The van der Waals surface area contributed by atoms with Gasteiger partial charge in [0.05, 0.1) is 6.54 Å². The molecule has 0 aliphatic carbocycles. The lowest BCUT2D eigenvalue weighted by molar-refractivity contribution is -0.133. The number of rotatable bonds is 7. The predicted octanol–water partition coefficient (Wildman–Crippen LogP) is -0.301. The quantitative estimate of drug-likeness (QED) is 0.607. The number of carbonyl (C=O) groups excluding carboxylic acids is 2. The molecular weight excluding hydrogens is 206 g/mol. The van der Waals surface area contributed by atoms with Gasteiger partial charge in [0.25, 0.3) is 0 Å². The number of carbonyl (C=O) groups is 2. The van der Waals surface area contributed by atoms with Crippen LogP contribution in [0.1, 0.15) is 6.92 Å². The normalized spacial score (nSPS) is 10.0. The monoisotopic (exact) mass is 227 g/mol. The van der Waals surface area contributed by atoms with E-state index in [4.69, 9.17) is 0 Å². The van der Waals surface area contributed by atoms with Gasteiger partial charge in [-0.3, -0.25) is 9.59 Å². The zero-order valence-electron chi connectivity index (χ0n) is 10.3. The Bertz CT molecular complexity index is 252. The van der Waals surface area contributed by atoms with E-state index in [2.05, 4.69) is 11.9 Å². The molecule has 1 N–H and O–H groups in total. The average Bonchev–Trinajstić information content (AvgIpc) is 2.16. The minimum Gasteiger partial charge on any atom is -0.353 e. The van der Waals surface area contributed by atoms with Gasteiger partial charge in [0.15, 0.2) is 0 Å². The summed E-state index contributed by atoms with van der Waals surface area (Å²) in [7, 11) is 3.87. The van der Waals surface area contributed by atoms with Crippen molar-refractivity contribution in [2.24, 2.45) is 0 Å². The number of nitrogens with one attached hydrogen (secondary N) is 1. The van der Waals surface area contributed by atoms with Gasteiger partial charge in [0.2, 0.25) is 11.8 Å². The van der Waals surface area contributed by atoms with Crippen LogP contribution < -0.4 is 5.32 Å². The van der Waals surface area contributed by atoms with E-state index in [1.165, 1.54) is 11.8 Å². The molecule has 0 aromatic rings. The Morgan fingerprint density at radius 3 is 2.44 bits per heavy atom. The van der Waals surface area contributed by atoms with Crippen LogP contribution in [0.25, 0.3) is 0 Å². The number of likely N-dealkylation sites (N-methyl/N-ethyl adjacent to an activating group) is 1. The smallest absolute Gasteiger partial charge is 0.239 e. The highest BCUT2D eigenvalue weighted by Gasteiger charge is 2.11. The molecule has 0 atom stereocenters. The Kier molecular flexibility index (Phi) is 7.20. The summed E-state index contributed by atoms with van der Waals surface area (Å²) < 4.78 is 0. The van der Waals surface area contributed by atoms with Crippen molar-refractivity contribution in [1.29, 1.82) is 0 Å². The topological polar surface area (TPSA) is 52.7 Å². The largest absolute Gasteiger partial charge is 0.353 e. The Morgan fingerprint density at radius 1 is 1.38 bits per heavy atom. The molecule has 0 spiro atoms. The fraction of sp³-hybridized carbons (Fsp3) is 0.636. The van der Waals surface area contributed by atoms with Crippen LogP contribution in [0.15, 0.2) is 12.7 Å². The minimum absolute atomic E-state index is 0.0920. The number of amides is 2. The summed E-state index contributed by atoms with van der Waals surface area (Å²) in [6.07, 6.45) is 1.61. The Hall–Kier alpha value is -1.36. The van der Waals surface area contributed by atoms with Gasteiger partial charge in [0.1, 0.15) is 0 Å². The first-order valence-electron chi connectivity index (χ1n) is 5.25. The molecule has 0 unspecified atom stereocenters. The molecule has 0 aromatic carbocycles. The standard InChI is InChI=1S/C11H21N3O2/c1-5-7-14(10(2)15)9-11(16)12-6-8-13(3)4/h5H,1,6-9H2,2-4H3,(H,12,16). The number of hydrogen-bond acceptors (Lipinski definition) is 3. The first kappa shape index (κ1) is 14.6. The van der Waals surface area contributed by atoms with Gasteiger partial charge in [-0.1, -0.05) is 6.08 Å². The van der Waals surface area contributed by atoms with Crippen molar-refractivity contribution < 1.29 is 9.59 Å². The molecule has 0 radical (unpaired) electrons. The molecule has 0 aliphatic rings. The molecule has 16 heavy (non-hydrogen) atoms. The molecule has 0 saturated heterocycles. The maximum absolute atomic E-state index is 11.5. The minimum atomic E-state index is -0.140. The maximum atomic E-state index is 11.5. The first-order chi connectivity index (χ1) is 7.47. The highest BCUT2D eigenvalue weighted by atomic mass is 16.2. The molecule has 5 nitrogen and oxygen atoms in total. The summed E-state index contributed by atoms with van der Waals surface area (Å²) in [5, 5.41) is 2.75. The van der Waals surface area contributed by atoms with E-state index < -0.39 is 0 Å². The van der Waals surface area contributed by atoms with Crippen molar-refractivity contribution in [3.05, 3.63) is 12.7 Å². The molecule has 2 amide bonds. The molecular formula is C11H21N3O2. The average molecular weight is 227 g/mol. The summed E-state index contributed by atoms with van der Waals surface area (Å²) in [5.41, 5.74) is 0. The summed E-state index contributed by atoms with van der Waals surface area (Å²) >= 11 is 0. The molecule has 0 aliphatic heterocycles. The van der Waals surface area contributed by atoms with Gasteiger partial charge in [0, 0.05) is 26.6 Å². The molecule has 0 aromatic heterocycles. The third-order valence-electron chi connectivity index (χ3n) is 2.01. The lowest BCUT2D eigenvalue weighted by Crippen LogP contribution is -2.41. The maximum Gasteiger partial charge on any atom is 0.239 e. The Morgan fingerprint density at radius 2 is 2.00 bits per heavy atom. The summed E-state index contributed by atoms with van der Waals surface area (Å²) in [6, 6.07) is 0. The third-order valence-corrected chi connectivity index (χ3v) is 2.01. The van der Waals surface area contributed by atoms with Crippen LogP contribution in [-0.4, -0.2) is 61.9 Å². The van der Waals surface area contributed by atoms with E-state index in [1.807, 2.05) is 19.0 Å². The molecule has 0 fully saturated rings. The molecule has 0 rings (SSSR count). The van der Waals surface area contributed by atoms with E-state index in [1.54, 1.807) is 6.08 Å². The van der Waals surface area contributed by atoms with E-state index in [9.17, 15) is 9.59 Å².